The summed E-state index contributed by atoms with van der Waals surface area (Å²) in [6.07, 6.45) is 2.07. The van der Waals surface area contributed by atoms with E-state index in [1.807, 2.05) is 18.2 Å². The number of carbonyl (C=O) groups excluding carboxylic acids is 1. The van der Waals surface area contributed by atoms with Crippen molar-refractivity contribution >= 4 is 30.4 Å². The Balaban J connectivity index is 2.05. The van der Waals surface area contributed by atoms with Crippen molar-refractivity contribution in [2.45, 2.75) is 18.9 Å². The molecule has 1 aromatic carbocycles. The van der Waals surface area contributed by atoms with Gasteiger partial charge >= 0.3 is 97.6 Å². The number of amides is 1. The SMILES string of the molecule is O=C(NC1CC1)n1[se]c2ccccc2c1=O. The van der Waals surface area contributed by atoms with Crippen molar-refractivity contribution in [3.05, 3.63) is 34.6 Å². The molecule has 4 nitrogen and oxygen atoms in total. The third kappa shape index (κ3) is 1.62. The van der Waals surface area contributed by atoms with Crippen molar-refractivity contribution in [3.63, 3.8) is 0 Å². The Bertz CT molecular complexity index is 610. The van der Waals surface area contributed by atoms with Gasteiger partial charge in [-0.05, 0) is 0 Å². The molecule has 0 unspecified atom stereocenters. The monoisotopic (exact) mass is 282 g/mol. The van der Waals surface area contributed by atoms with Gasteiger partial charge in [-0.25, -0.2) is 0 Å². The van der Waals surface area contributed by atoms with Crippen LogP contribution in [-0.2, 0) is 0 Å². The van der Waals surface area contributed by atoms with Gasteiger partial charge in [0.05, 0.1) is 0 Å². The molecular weight excluding hydrogens is 271 g/mol. The number of nitrogens with zero attached hydrogens (tertiary/aromatic N) is 1. The molecule has 82 valence electrons. The second kappa shape index (κ2) is 3.61. The molecule has 1 aromatic heterocycles. The fraction of sp³-hybridized carbons (Fsp3) is 0.273. The number of fused-ring (bicyclic) bond motifs is 1. The van der Waals surface area contributed by atoms with Gasteiger partial charge in [-0.1, -0.05) is 0 Å². The molecule has 0 spiro atoms. The second-order valence-electron chi connectivity index (χ2n) is 3.91. The van der Waals surface area contributed by atoms with Crippen molar-refractivity contribution < 1.29 is 4.79 Å². The predicted octanol–water partition coefficient (Wildman–Crippen LogP) is 0.779. The van der Waals surface area contributed by atoms with Crippen LogP contribution in [0.1, 0.15) is 12.8 Å². The molecule has 1 fully saturated rings. The van der Waals surface area contributed by atoms with E-state index in [9.17, 15) is 9.59 Å². The van der Waals surface area contributed by atoms with Crippen LogP contribution in [0, 0.1) is 0 Å². The minimum absolute atomic E-state index is 0.159. The van der Waals surface area contributed by atoms with Gasteiger partial charge in [0.2, 0.25) is 0 Å². The summed E-state index contributed by atoms with van der Waals surface area (Å²) in [5, 5.41) is 3.52. The summed E-state index contributed by atoms with van der Waals surface area (Å²) in [6, 6.07) is 7.48. The summed E-state index contributed by atoms with van der Waals surface area (Å²) in [7, 11) is 0. The van der Waals surface area contributed by atoms with Crippen LogP contribution in [0.4, 0.5) is 4.79 Å². The molecule has 16 heavy (non-hydrogen) atoms. The zero-order chi connectivity index (χ0) is 11.1. The van der Waals surface area contributed by atoms with Crippen molar-refractivity contribution in [1.82, 2.24) is 8.88 Å². The molecule has 1 N–H and O–H groups in total. The summed E-state index contributed by atoms with van der Waals surface area (Å²) in [6.45, 7) is 0. The molecule has 1 amide bonds. The molecular formula is C11H10N2O2Se. The van der Waals surface area contributed by atoms with Crippen molar-refractivity contribution in [1.29, 1.82) is 0 Å². The fourth-order valence-corrected chi connectivity index (χ4v) is 3.47. The van der Waals surface area contributed by atoms with Crippen LogP contribution in [0.3, 0.4) is 0 Å². The van der Waals surface area contributed by atoms with Gasteiger partial charge < -0.3 is 0 Å². The van der Waals surface area contributed by atoms with Gasteiger partial charge in [0.25, 0.3) is 0 Å². The van der Waals surface area contributed by atoms with Crippen LogP contribution in [0.15, 0.2) is 29.1 Å². The zero-order valence-corrected chi connectivity index (χ0v) is 10.2. The van der Waals surface area contributed by atoms with Crippen LogP contribution >= 0.6 is 0 Å². The molecule has 0 radical (unpaired) electrons. The molecule has 0 atom stereocenters. The second-order valence-corrected chi connectivity index (χ2v) is 5.98. The van der Waals surface area contributed by atoms with E-state index in [1.54, 1.807) is 6.07 Å². The normalized spacial score (nSPS) is 15.2. The van der Waals surface area contributed by atoms with E-state index in [0.29, 0.717) is 11.4 Å². The summed E-state index contributed by atoms with van der Waals surface area (Å²) in [5.41, 5.74) is -0.159. The summed E-state index contributed by atoms with van der Waals surface area (Å²) in [4.78, 5) is 23.7. The fourth-order valence-electron chi connectivity index (χ4n) is 1.57. The molecule has 0 saturated heterocycles. The number of nitrogens with one attached hydrogen (secondary N) is 1. The van der Waals surface area contributed by atoms with E-state index in [4.69, 9.17) is 0 Å². The topological polar surface area (TPSA) is 51.1 Å². The molecule has 0 aliphatic heterocycles. The van der Waals surface area contributed by atoms with E-state index in [1.165, 1.54) is 3.56 Å². The van der Waals surface area contributed by atoms with Crippen LogP contribution in [0.5, 0.6) is 0 Å². The first-order valence-electron chi connectivity index (χ1n) is 5.17. The van der Waals surface area contributed by atoms with E-state index >= 15 is 0 Å². The maximum absolute atomic E-state index is 11.9. The van der Waals surface area contributed by atoms with E-state index in [2.05, 4.69) is 5.32 Å². The van der Waals surface area contributed by atoms with Crippen LogP contribution in [-0.4, -0.2) is 30.4 Å². The molecule has 5 heteroatoms. The molecule has 1 aliphatic rings. The number of rotatable bonds is 1. The maximum atomic E-state index is 11.9. The molecule has 1 saturated carbocycles. The third-order valence-corrected chi connectivity index (χ3v) is 4.82. The Morgan fingerprint density at radius 1 is 1.38 bits per heavy atom. The number of hydrogen-bond acceptors (Lipinski definition) is 2. The molecule has 3 rings (SSSR count). The summed E-state index contributed by atoms with van der Waals surface area (Å²) >= 11 is -0.202. The Labute approximate surface area is 97.8 Å². The first-order valence-corrected chi connectivity index (χ1v) is 6.80. The summed E-state index contributed by atoms with van der Waals surface area (Å²) in [5.74, 6) is 0. The number of aromatic nitrogens is 1. The first kappa shape index (κ1) is 9.87. The van der Waals surface area contributed by atoms with Crippen molar-refractivity contribution in [2.24, 2.45) is 0 Å². The van der Waals surface area contributed by atoms with E-state index in [-0.39, 0.29) is 26.3 Å². The van der Waals surface area contributed by atoms with Crippen molar-refractivity contribution in [3.8, 4) is 0 Å². The van der Waals surface area contributed by atoms with Crippen molar-refractivity contribution in [2.75, 3.05) is 0 Å². The number of carbonyl (C=O) groups is 1. The first-order chi connectivity index (χ1) is 7.75. The van der Waals surface area contributed by atoms with Gasteiger partial charge in [0, 0.05) is 0 Å². The predicted molar refractivity (Wildman–Crippen MR) is 62.1 cm³/mol. The Hall–Kier alpha value is -1.32. The van der Waals surface area contributed by atoms with Gasteiger partial charge in [-0.2, -0.15) is 0 Å². The Morgan fingerprint density at radius 2 is 2.12 bits per heavy atom. The quantitative estimate of drug-likeness (QED) is 0.785. The zero-order valence-electron chi connectivity index (χ0n) is 8.47. The van der Waals surface area contributed by atoms with Gasteiger partial charge in [-0.15, -0.1) is 0 Å². The van der Waals surface area contributed by atoms with Crippen LogP contribution in [0.2, 0.25) is 0 Å². The Morgan fingerprint density at radius 3 is 2.81 bits per heavy atom. The third-order valence-electron chi connectivity index (χ3n) is 2.58. The van der Waals surface area contributed by atoms with Gasteiger partial charge in [0.1, 0.15) is 0 Å². The standard InChI is InChI=1S/C11H10N2O2Se/c14-10-8-3-1-2-4-9(8)16-13(10)11(15)12-7-5-6-7/h1-4,7H,5-6H2,(H,12,15). The average Bonchev–Trinajstić information content (AvgIpc) is 3.03. The molecule has 2 aromatic rings. The number of benzene rings is 1. The number of hydrogen-bond donors (Lipinski definition) is 1. The van der Waals surface area contributed by atoms with Crippen LogP contribution in [0.25, 0.3) is 9.65 Å². The molecule has 1 aliphatic carbocycles. The van der Waals surface area contributed by atoms with E-state index in [0.717, 1.165) is 17.1 Å². The average molecular weight is 281 g/mol. The van der Waals surface area contributed by atoms with Gasteiger partial charge in [0.15, 0.2) is 0 Å². The summed E-state index contributed by atoms with van der Waals surface area (Å²) < 4.78 is 2.33. The Kier molecular flexibility index (Phi) is 2.23. The van der Waals surface area contributed by atoms with E-state index < -0.39 is 0 Å². The van der Waals surface area contributed by atoms with Crippen LogP contribution < -0.4 is 10.9 Å². The minimum atomic E-state index is -0.233. The van der Waals surface area contributed by atoms with Gasteiger partial charge in [-0.3, -0.25) is 0 Å². The molecule has 0 bridgehead atoms. The molecule has 1 heterocycles.